The third kappa shape index (κ3) is 3.65. The Morgan fingerprint density at radius 1 is 1.19 bits per heavy atom. The van der Waals surface area contributed by atoms with Gasteiger partial charge in [0.1, 0.15) is 5.75 Å². The summed E-state index contributed by atoms with van der Waals surface area (Å²) < 4.78 is 10.9. The van der Waals surface area contributed by atoms with E-state index in [4.69, 9.17) is 21.1 Å². The van der Waals surface area contributed by atoms with E-state index in [-0.39, 0.29) is 11.4 Å². The molecule has 5 nitrogen and oxygen atoms in total. The minimum absolute atomic E-state index is 0.0693. The molecule has 0 fully saturated rings. The molecule has 2 rings (SSSR count). The van der Waals surface area contributed by atoms with Gasteiger partial charge in [-0.2, -0.15) is 0 Å². The van der Waals surface area contributed by atoms with E-state index < -0.39 is 4.92 Å². The van der Waals surface area contributed by atoms with E-state index >= 15 is 0 Å². The molecule has 0 spiro atoms. The highest BCUT2D eigenvalue weighted by Gasteiger charge is 2.14. The third-order valence-electron chi connectivity index (χ3n) is 2.74. The van der Waals surface area contributed by atoms with Crippen LogP contribution in [0.25, 0.3) is 0 Å². The zero-order valence-corrected chi connectivity index (χ0v) is 13.3. The first-order valence-electron chi connectivity index (χ1n) is 5.90. The van der Waals surface area contributed by atoms with Crippen LogP contribution in [-0.2, 0) is 5.33 Å². The molecule has 0 aliphatic rings. The number of nitro groups is 1. The van der Waals surface area contributed by atoms with Crippen molar-refractivity contribution in [2.45, 2.75) is 5.33 Å². The number of benzene rings is 2. The molecule has 0 radical (unpaired) electrons. The second kappa shape index (κ2) is 6.78. The van der Waals surface area contributed by atoms with E-state index in [0.717, 1.165) is 5.56 Å². The fourth-order valence-electron chi connectivity index (χ4n) is 1.73. The van der Waals surface area contributed by atoms with Crippen molar-refractivity contribution in [3.8, 4) is 17.2 Å². The number of halogens is 2. The monoisotopic (exact) mass is 371 g/mol. The number of non-ortho nitro benzene ring substituents is 1. The molecular weight excluding hydrogens is 362 g/mol. The molecule has 0 saturated heterocycles. The third-order valence-corrected chi connectivity index (χ3v) is 3.58. The van der Waals surface area contributed by atoms with Crippen LogP contribution in [-0.4, -0.2) is 12.0 Å². The molecule has 21 heavy (non-hydrogen) atoms. The highest BCUT2D eigenvalue weighted by molar-refractivity contribution is 9.08. The van der Waals surface area contributed by atoms with Crippen LogP contribution >= 0.6 is 27.5 Å². The zero-order valence-electron chi connectivity index (χ0n) is 11.0. The fraction of sp³-hybridized carbons (Fsp3) is 0.143. The number of methoxy groups -OCH3 is 1. The lowest BCUT2D eigenvalue weighted by Crippen LogP contribution is -1.95. The van der Waals surface area contributed by atoms with Gasteiger partial charge in [-0.3, -0.25) is 10.1 Å². The predicted octanol–water partition coefficient (Wildman–Crippen LogP) is 4.94. The number of alkyl halides is 1. The second-order valence-electron chi connectivity index (χ2n) is 4.08. The van der Waals surface area contributed by atoms with Gasteiger partial charge >= 0.3 is 0 Å². The van der Waals surface area contributed by atoms with Crippen molar-refractivity contribution in [1.82, 2.24) is 0 Å². The lowest BCUT2D eigenvalue weighted by atomic mass is 10.2. The van der Waals surface area contributed by atoms with Crippen LogP contribution in [0.15, 0.2) is 36.4 Å². The number of hydrogen-bond donors (Lipinski definition) is 0. The Balaban J connectivity index is 2.42. The Hall–Kier alpha value is -1.79. The van der Waals surface area contributed by atoms with Gasteiger partial charge in [0.05, 0.1) is 18.1 Å². The summed E-state index contributed by atoms with van der Waals surface area (Å²) in [6.45, 7) is 0. The van der Waals surface area contributed by atoms with Crippen molar-refractivity contribution < 1.29 is 14.4 Å². The first-order chi connectivity index (χ1) is 10.0. The number of nitro benzene ring substituents is 1. The molecule has 0 heterocycles. The summed E-state index contributed by atoms with van der Waals surface area (Å²) >= 11 is 9.28. The molecule has 0 aromatic heterocycles. The van der Waals surface area contributed by atoms with Crippen LogP contribution in [0, 0.1) is 10.1 Å². The zero-order chi connectivity index (χ0) is 15.4. The molecule has 0 amide bonds. The summed E-state index contributed by atoms with van der Waals surface area (Å²) in [5.74, 6) is 1.24. The SMILES string of the molecule is COc1ccc([N+](=O)[O-])cc1Oc1ccc(Cl)cc1CBr. The molecule has 0 N–H and O–H groups in total. The van der Waals surface area contributed by atoms with Gasteiger partial charge in [0.2, 0.25) is 0 Å². The molecule has 0 atom stereocenters. The van der Waals surface area contributed by atoms with Crippen molar-refractivity contribution in [3.63, 3.8) is 0 Å². The standard InChI is InChI=1S/C14H11BrClNO4/c1-20-13-5-3-11(17(18)19)7-14(13)21-12-4-2-10(16)6-9(12)8-15/h2-7H,8H2,1H3. The summed E-state index contributed by atoms with van der Waals surface area (Å²) in [4.78, 5) is 10.4. The largest absolute Gasteiger partial charge is 0.493 e. The van der Waals surface area contributed by atoms with Gasteiger partial charge in [0, 0.05) is 22.0 Å². The van der Waals surface area contributed by atoms with Crippen LogP contribution in [0.3, 0.4) is 0 Å². The van der Waals surface area contributed by atoms with Crippen LogP contribution in [0.5, 0.6) is 17.2 Å². The van der Waals surface area contributed by atoms with Crippen molar-refractivity contribution in [3.05, 3.63) is 57.1 Å². The van der Waals surface area contributed by atoms with Gasteiger partial charge in [-0.25, -0.2) is 0 Å². The van der Waals surface area contributed by atoms with E-state index in [9.17, 15) is 10.1 Å². The van der Waals surface area contributed by atoms with E-state index in [2.05, 4.69) is 15.9 Å². The highest BCUT2D eigenvalue weighted by atomic mass is 79.9. The summed E-state index contributed by atoms with van der Waals surface area (Å²) in [6.07, 6.45) is 0. The number of nitrogens with zero attached hydrogens (tertiary/aromatic N) is 1. The van der Waals surface area contributed by atoms with Gasteiger partial charge < -0.3 is 9.47 Å². The Labute approximate surface area is 134 Å². The fourth-order valence-corrected chi connectivity index (χ4v) is 2.36. The highest BCUT2D eigenvalue weighted by Crippen LogP contribution is 2.37. The van der Waals surface area contributed by atoms with Crippen LogP contribution in [0.1, 0.15) is 5.56 Å². The molecule has 110 valence electrons. The summed E-state index contributed by atoms with van der Waals surface area (Å²) in [5.41, 5.74) is 0.760. The molecule has 0 aliphatic carbocycles. The smallest absolute Gasteiger partial charge is 0.273 e. The average Bonchev–Trinajstić information content (AvgIpc) is 2.48. The summed E-state index contributed by atoms with van der Waals surface area (Å²) in [7, 11) is 1.47. The molecular formula is C14H11BrClNO4. The van der Waals surface area contributed by atoms with Crippen LogP contribution in [0.4, 0.5) is 5.69 Å². The normalized spacial score (nSPS) is 10.2. The molecule has 0 aliphatic heterocycles. The van der Waals surface area contributed by atoms with Crippen molar-refractivity contribution in [2.24, 2.45) is 0 Å². The molecule has 0 saturated carbocycles. The van der Waals surface area contributed by atoms with E-state index in [1.807, 2.05) is 0 Å². The minimum Gasteiger partial charge on any atom is -0.493 e. The van der Waals surface area contributed by atoms with Crippen LogP contribution < -0.4 is 9.47 Å². The van der Waals surface area contributed by atoms with Crippen molar-refractivity contribution >= 4 is 33.2 Å². The summed E-state index contributed by atoms with van der Waals surface area (Å²) in [5, 5.41) is 12.0. The maximum atomic E-state index is 10.9. The number of hydrogen-bond acceptors (Lipinski definition) is 4. The van der Waals surface area contributed by atoms with Gasteiger partial charge in [0.25, 0.3) is 5.69 Å². The van der Waals surface area contributed by atoms with Gasteiger partial charge in [-0.1, -0.05) is 27.5 Å². The Morgan fingerprint density at radius 2 is 1.90 bits per heavy atom. The Bertz CT molecular complexity index is 678. The van der Waals surface area contributed by atoms with Crippen molar-refractivity contribution in [1.29, 1.82) is 0 Å². The molecule has 0 bridgehead atoms. The first-order valence-corrected chi connectivity index (χ1v) is 7.39. The van der Waals surface area contributed by atoms with Crippen LogP contribution in [0.2, 0.25) is 5.02 Å². The Morgan fingerprint density at radius 3 is 2.52 bits per heavy atom. The molecule has 2 aromatic rings. The maximum absolute atomic E-state index is 10.9. The second-order valence-corrected chi connectivity index (χ2v) is 5.08. The number of rotatable bonds is 5. The molecule has 0 unspecified atom stereocenters. The van der Waals surface area contributed by atoms with E-state index in [1.165, 1.54) is 25.3 Å². The quantitative estimate of drug-likeness (QED) is 0.423. The topological polar surface area (TPSA) is 61.6 Å². The molecule has 2 aromatic carbocycles. The lowest BCUT2D eigenvalue weighted by molar-refractivity contribution is -0.384. The van der Waals surface area contributed by atoms with Gasteiger partial charge in [-0.15, -0.1) is 0 Å². The Kier molecular flexibility index (Phi) is 5.03. The number of ether oxygens (including phenoxy) is 2. The van der Waals surface area contributed by atoms with Crippen molar-refractivity contribution in [2.75, 3.05) is 7.11 Å². The summed E-state index contributed by atoms with van der Waals surface area (Å²) in [6, 6.07) is 9.33. The van der Waals surface area contributed by atoms with Gasteiger partial charge in [0.15, 0.2) is 11.5 Å². The van der Waals surface area contributed by atoms with Gasteiger partial charge in [-0.05, 0) is 24.3 Å². The first kappa shape index (κ1) is 15.6. The van der Waals surface area contributed by atoms with E-state index in [1.54, 1.807) is 18.2 Å². The minimum atomic E-state index is -0.487. The molecule has 7 heteroatoms. The van der Waals surface area contributed by atoms with E-state index in [0.29, 0.717) is 21.9 Å². The maximum Gasteiger partial charge on any atom is 0.273 e. The lowest BCUT2D eigenvalue weighted by Gasteiger charge is -2.12. The predicted molar refractivity (Wildman–Crippen MR) is 83.8 cm³/mol. The average molecular weight is 373 g/mol.